The molecule has 0 rings (SSSR count). The minimum Gasteiger partial charge on any atom is -0.756 e. The van der Waals surface area contributed by atoms with E-state index in [0.29, 0.717) is 17.4 Å². The molecule has 0 aromatic carbocycles. The molecule has 0 heterocycles. The van der Waals surface area contributed by atoms with E-state index < -0.39 is 20.0 Å². The van der Waals surface area contributed by atoms with Crippen molar-refractivity contribution >= 4 is 19.7 Å². The van der Waals surface area contributed by atoms with Gasteiger partial charge in [-0.15, -0.1) is 0 Å². The molecule has 1 N–H and O–H groups in total. The number of phosphoric ester groups is 1. The van der Waals surface area contributed by atoms with Crippen molar-refractivity contribution in [1.82, 2.24) is 5.32 Å². The summed E-state index contributed by atoms with van der Waals surface area (Å²) in [7, 11) is 1.20. The second-order valence-electron chi connectivity index (χ2n) is 25.0. The van der Waals surface area contributed by atoms with Gasteiger partial charge in [0.1, 0.15) is 19.3 Å². The lowest BCUT2D eigenvalue weighted by Crippen LogP contribution is -2.47. The van der Waals surface area contributed by atoms with Gasteiger partial charge in [0, 0.05) is 12.8 Å². The first-order valence-electron chi connectivity index (χ1n) is 34.8. The molecule has 0 aromatic heterocycles. The van der Waals surface area contributed by atoms with E-state index in [0.717, 1.165) is 64.2 Å². The van der Waals surface area contributed by atoms with Crippen molar-refractivity contribution in [1.29, 1.82) is 0 Å². The normalized spacial score (nSPS) is 13.7. The molecule has 0 saturated carbocycles. The van der Waals surface area contributed by atoms with Gasteiger partial charge in [0.15, 0.2) is 0 Å². The Hall–Kier alpha value is -1.77. The SMILES string of the molecule is CCCCC/C=C\C/C=C\CCCCCCCCCCCCCCCCCCCC(=O)NC(COP(=O)([O-])OCC[N+](C)(C)C)C(/C=C\CCCCCCCCCCCCC)OC(=O)CCCCCCCCCCCCCCCC. The van der Waals surface area contributed by atoms with E-state index in [1.807, 2.05) is 33.3 Å². The van der Waals surface area contributed by atoms with Crippen LogP contribution in [0.2, 0.25) is 0 Å². The Morgan fingerprint density at radius 1 is 0.438 bits per heavy atom. The Morgan fingerprint density at radius 2 is 0.762 bits per heavy atom. The molecule has 0 aliphatic heterocycles. The molecule has 9 nitrogen and oxygen atoms in total. The topological polar surface area (TPSA) is 114 Å². The third-order valence-electron chi connectivity index (χ3n) is 15.8. The number of likely N-dealkylation sites (N-methyl/N-ethyl adjacent to an activating group) is 1. The van der Waals surface area contributed by atoms with Crippen LogP contribution in [0, 0.1) is 0 Å². The summed E-state index contributed by atoms with van der Waals surface area (Å²) in [5.41, 5.74) is 0. The fourth-order valence-corrected chi connectivity index (χ4v) is 11.2. The first-order chi connectivity index (χ1) is 38.9. The maximum Gasteiger partial charge on any atom is 0.306 e. The van der Waals surface area contributed by atoms with Crippen LogP contribution in [0.5, 0.6) is 0 Å². The third kappa shape index (κ3) is 60.8. The number of esters is 1. The Balaban J connectivity index is 4.99. The maximum atomic E-state index is 13.6. The van der Waals surface area contributed by atoms with E-state index in [1.54, 1.807) is 0 Å². The molecule has 10 heteroatoms. The maximum absolute atomic E-state index is 13.6. The molecule has 0 saturated heterocycles. The van der Waals surface area contributed by atoms with Gasteiger partial charge >= 0.3 is 5.97 Å². The van der Waals surface area contributed by atoms with Crippen LogP contribution < -0.4 is 10.2 Å². The van der Waals surface area contributed by atoms with Gasteiger partial charge in [-0.25, -0.2) is 0 Å². The summed E-state index contributed by atoms with van der Waals surface area (Å²) in [5.74, 6) is -0.521. The van der Waals surface area contributed by atoms with Crippen molar-refractivity contribution in [3.63, 3.8) is 0 Å². The van der Waals surface area contributed by atoms with Crippen molar-refractivity contribution in [2.24, 2.45) is 0 Å². The van der Waals surface area contributed by atoms with Crippen molar-refractivity contribution < 1.29 is 37.3 Å². The zero-order valence-electron chi connectivity index (χ0n) is 54.1. The Bertz CT molecular complexity index is 1460. The number of hydrogen-bond donors (Lipinski definition) is 1. The van der Waals surface area contributed by atoms with Gasteiger partial charge in [-0.1, -0.05) is 308 Å². The molecule has 0 fully saturated rings. The molecule has 0 aliphatic carbocycles. The van der Waals surface area contributed by atoms with Gasteiger partial charge in [0.2, 0.25) is 5.91 Å². The van der Waals surface area contributed by atoms with Gasteiger partial charge in [-0.2, -0.15) is 0 Å². The molecular formula is C70H135N2O7P. The Kier molecular flexibility index (Phi) is 59.0. The average molecular weight is 1150 g/mol. The number of ether oxygens (including phenoxy) is 1. The number of nitrogens with zero attached hydrogens (tertiary/aromatic N) is 1. The van der Waals surface area contributed by atoms with Crippen LogP contribution in [0.3, 0.4) is 0 Å². The Labute approximate surface area is 497 Å². The number of phosphoric acid groups is 1. The number of carbonyl (C=O) groups is 2. The highest BCUT2D eigenvalue weighted by Gasteiger charge is 2.27. The van der Waals surface area contributed by atoms with E-state index >= 15 is 0 Å². The molecule has 0 radical (unpaired) electrons. The Morgan fingerprint density at radius 3 is 1.15 bits per heavy atom. The highest BCUT2D eigenvalue weighted by atomic mass is 31.2. The zero-order valence-corrected chi connectivity index (χ0v) is 54.9. The third-order valence-corrected chi connectivity index (χ3v) is 16.8. The molecule has 0 bridgehead atoms. The van der Waals surface area contributed by atoms with E-state index in [4.69, 9.17) is 13.8 Å². The second-order valence-corrected chi connectivity index (χ2v) is 26.5. The highest BCUT2D eigenvalue weighted by Crippen LogP contribution is 2.38. The largest absolute Gasteiger partial charge is 0.756 e. The number of carbonyl (C=O) groups excluding carboxylic acids is 2. The quantitative estimate of drug-likeness (QED) is 0.0212. The molecule has 1 amide bonds. The molecule has 0 spiro atoms. The van der Waals surface area contributed by atoms with Crippen LogP contribution in [0.25, 0.3) is 0 Å². The first-order valence-corrected chi connectivity index (χ1v) is 36.3. The van der Waals surface area contributed by atoms with Crippen LogP contribution in [0.15, 0.2) is 36.5 Å². The zero-order chi connectivity index (χ0) is 58.6. The molecule has 472 valence electrons. The van der Waals surface area contributed by atoms with E-state index in [9.17, 15) is 19.0 Å². The lowest BCUT2D eigenvalue weighted by Gasteiger charge is -2.30. The molecule has 3 unspecified atom stereocenters. The predicted octanol–water partition coefficient (Wildman–Crippen LogP) is 21.2. The second kappa shape index (κ2) is 60.4. The number of nitrogens with one attached hydrogen (secondary N) is 1. The summed E-state index contributed by atoms with van der Waals surface area (Å²) in [6, 6.07) is -0.883. The number of amides is 1. The number of allylic oxidation sites excluding steroid dienone is 5. The van der Waals surface area contributed by atoms with Crippen molar-refractivity contribution in [2.45, 2.75) is 360 Å². The van der Waals surface area contributed by atoms with E-state index in [1.165, 1.54) is 250 Å². The highest BCUT2D eigenvalue weighted by molar-refractivity contribution is 7.45. The first kappa shape index (κ1) is 78.2. The fraction of sp³-hybridized carbons (Fsp3) is 0.886. The van der Waals surface area contributed by atoms with E-state index in [2.05, 4.69) is 50.4 Å². The lowest BCUT2D eigenvalue weighted by atomic mass is 10.0. The number of unbranched alkanes of at least 4 members (excludes halogenated alkanes) is 44. The summed E-state index contributed by atoms with van der Waals surface area (Å²) in [5, 5.41) is 3.05. The lowest BCUT2D eigenvalue weighted by molar-refractivity contribution is -0.870. The minimum atomic E-state index is -4.70. The van der Waals surface area contributed by atoms with Crippen molar-refractivity contribution in [3.05, 3.63) is 36.5 Å². The van der Waals surface area contributed by atoms with Gasteiger partial charge in [0.05, 0.1) is 33.8 Å². The fourth-order valence-electron chi connectivity index (χ4n) is 10.4. The van der Waals surface area contributed by atoms with Crippen LogP contribution in [0.1, 0.15) is 348 Å². The summed E-state index contributed by atoms with van der Waals surface area (Å²) in [6.45, 7) is 6.87. The summed E-state index contributed by atoms with van der Waals surface area (Å²) in [4.78, 5) is 40.1. The molecule has 3 atom stereocenters. The van der Waals surface area contributed by atoms with Crippen LogP contribution in [-0.2, 0) is 27.9 Å². The summed E-state index contributed by atoms with van der Waals surface area (Å²) in [6.07, 6.45) is 74.1. The summed E-state index contributed by atoms with van der Waals surface area (Å²) < 4.78 is 30.4. The van der Waals surface area contributed by atoms with Gasteiger partial charge in [-0.3, -0.25) is 14.2 Å². The average Bonchev–Trinajstić information content (AvgIpc) is 3.42. The standard InChI is InChI=1S/C70H135N2O7P/c1-7-10-13-16-19-22-25-28-30-31-32-33-34-35-36-37-38-39-40-41-42-44-47-50-53-56-59-62-69(73)71-67(66-78-80(75,76)77-65-64-72(4,5)6)68(61-58-55-52-49-46-43-27-24-21-18-15-12-9-3)79-70(74)63-60-57-54-51-48-45-29-26-23-20-17-14-11-8-2/h19,22,28,30,58,61,67-68H,7-18,20-21,23-27,29,31-57,59-60,62-66H2,1-6H3,(H-,71,73,75,76)/b22-19-,30-28-,61-58-. The van der Waals surface area contributed by atoms with Gasteiger partial charge in [0.25, 0.3) is 7.82 Å². The van der Waals surface area contributed by atoms with Crippen LogP contribution >= 0.6 is 7.82 Å². The van der Waals surface area contributed by atoms with Crippen molar-refractivity contribution in [3.8, 4) is 0 Å². The van der Waals surface area contributed by atoms with Gasteiger partial charge < -0.3 is 28.5 Å². The molecular weight excluding hydrogens is 1010 g/mol. The monoisotopic (exact) mass is 1150 g/mol. The number of rotatable bonds is 64. The van der Waals surface area contributed by atoms with E-state index in [-0.39, 0.29) is 31.5 Å². The number of hydrogen-bond acceptors (Lipinski definition) is 7. The van der Waals surface area contributed by atoms with Gasteiger partial charge in [-0.05, 0) is 63.9 Å². The smallest absolute Gasteiger partial charge is 0.306 e. The molecule has 80 heavy (non-hydrogen) atoms. The van der Waals surface area contributed by atoms with Crippen LogP contribution in [-0.4, -0.2) is 69.4 Å². The molecule has 0 aromatic rings. The van der Waals surface area contributed by atoms with Crippen molar-refractivity contribution in [2.75, 3.05) is 40.9 Å². The van der Waals surface area contributed by atoms with Crippen LogP contribution in [0.4, 0.5) is 0 Å². The summed E-state index contributed by atoms with van der Waals surface area (Å²) >= 11 is 0. The molecule has 0 aliphatic rings. The number of quaternary nitrogens is 1. The predicted molar refractivity (Wildman–Crippen MR) is 344 cm³/mol. The minimum absolute atomic E-state index is 0.0187.